The number of methoxy groups -OCH3 is 1. The molecule has 0 amide bonds. The molecule has 16 heavy (non-hydrogen) atoms. The standard InChI is InChI=1S/C13H14N2O/c1-9-4-6-11(7-5-9)12-8-10(2)14-13(15-12)16-3/h4-8H,1-3H3. The second-order valence-electron chi connectivity index (χ2n) is 3.75. The van der Waals surface area contributed by atoms with Gasteiger partial charge in [0.1, 0.15) is 0 Å². The summed E-state index contributed by atoms with van der Waals surface area (Å²) in [6.07, 6.45) is 0. The van der Waals surface area contributed by atoms with Gasteiger partial charge in [-0.3, -0.25) is 0 Å². The third-order valence-electron chi connectivity index (χ3n) is 2.36. The van der Waals surface area contributed by atoms with E-state index < -0.39 is 0 Å². The first-order chi connectivity index (χ1) is 7.69. The van der Waals surface area contributed by atoms with Crippen LogP contribution in [0.25, 0.3) is 11.3 Å². The predicted octanol–water partition coefficient (Wildman–Crippen LogP) is 2.77. The molecule has 2 rings (SSSR count). The van der Waals surface area contributed by atoms with Gasteiger partial charge in [-0.1, -0.05) is 29.8 Å². The van der Waals surface area contributed by atoms with Crippen LogP contribution in [0.3, 0.4) is 0 Å². The maximum absolute atomic E-state index is 5.06. The summed E-state index contributed by atoms with van der Waals surface area (Å²) >= 11 is 0. The molecule has 0 unspecified atom stereocenters. The van der Waals surface area contributed by atoms with Crippen LogP contribution in [-0.4, -0.2) is 17.1 Å². The molecule has 1 aromatic carbocycles. The van der Waals surface area contributed by atoms with E-state index in [1.54, 1.807) is 7.11 Å². The molecule has 0 spiro atoms. The molecule has 0 saturated heterocycles. The average molecular weight is 214 g/mol. The molecule has 0 saturated carbocycles. The van der Waals surface area contributed by atoms with E-state index in [0.717, 1.165) is 17.0 Å². The fraction of sp³-hybridized carbons (Fsp3) is 0.231. The molecule has 0 aliphatic carbocycles. The number of ether oxygens (including phenoxy) is 1. The molecule has 0 fully saturated rings. The van der Waals surface area contributed by atoms with E-state index in [1.165, 1.54) is 5.56 Å². The number of hydrogen-bond donors (Lipinski definition) is 0. The number of nitrogens with zero attached hydrogens (tertiary/aromatic N) is 2. The van der Waals surface area contributed by atoms with Crippen LogP contribution < -0.4 is 4.74 Å². The van der Waals surface area contributed by atoms with Crippen molar-refractivity contribution in [3.05, 3.63) is 41.6 Å². The monoisotopic (exact) mass is 214 g/mol. The van der Waals surface area contributed by atoms with Gasteiger partial charge in [-0.25, -0.2) is 4.98 Å². The second-order valence-corrected chi connectivity index (χ2v) is 3.75. The van der Waals surface area contributed by atoms with E-state index in [4.69, 9.17) is 4.74 Å². The van der Waals surface area contributed by atoms with Crippen molar-refractivity contribution in [2.24, 2.45) is 0 Å². The molecule has 1 heterocycles. The molecule has 0 radical (unpaired) electrons. The molecule has 82 valence electrons. The van der Waals surface area contributed by atoms with Gasteiger partial charge in [0, 0.05) is 11.3 Å². The highest BCUT2D eigenvalue weighted by molar-refractivity contribution is 5.59. The summed E-state index contributed by atoms with van der Waals surface area (Å²) in [5.74, 6) is 0. The van der Waals surface area contributed by atoms with Crippen molar-refractivity contribution >= 4 is 0 Å². The van der Waals surface area contributed by atoms with E-state index in [2.05, 4.69) is 41.2 Å². The van der Waals surface area contributed by atoms with Gasteiger partial charge in [0.25, 0.3) is 0 Å². The minimum Gasteiger partial charge on any atom is -0.467 e. The molecule has 0 bridgehead atoms. The summed E-state index contributed by atoms with van der Waals surface area (Å²) < 4.78 is 5.06. The predicted molar refractivity (Wildman–Crippen MR) is 63.5 cm³/mol. The molecule has 3 nitrogen and oxygen atoms in total. The zero-order valence-electron chi connectivity index (χ0n) is 9.69. The molecule has 0 N–H and O–H groups in total. The van der Waals surface area contributed by atoms with E-state index in [-0.39, 0.29) is 0 Å². The van der Waals surface area contributed by atoms with Gasteiger partial charge < -0.3 is 4.74 Å². The lowest BCUT2D eigenvalue weighted by Gasteiger charge is -2.05. The Balaban J connectivity index is 2.47. The SMILES string of the molecule is COc1nc(C)cc(-c2ccc(C)cc2)n1. The molecule has 0 aliphatic rings. The van der Waals surface area contributed by atoms with Crippen molar-refractivity contribution in [2.45, 2.75) is 13.8 Å². The fourth-order valence-electron chi connectivity index (χ4n) is 1.50. The highest BCUT2D eigenvalue weighted by Gasteiger charge is 2.04. The van der Waals surface area contributed by atoms with Crippen LogP contribution in [0, 0.1) is 13.8 Å². The first-order valence-corrected chi connectivity index (χ1v) is 5.16. The molecule has 3 heteroatoms. The van der Waals surface area contributed by atoms with E-state index >= 15 is 0 Å². The Morgan fingerprint density at radius 2 is 1.69 bits per heavy atom. The van der Waals surface area contributed by atoms with Crippen LogP contribution in [0.15, 0.2) is 30.3 Å². The zero-order valence-corrected chi connectivity index (χ0v) is 9.69. The van der Waals surface area contributed by atoms with Gasteiger partial charge in [-0.05, 0) is 19.9 Å². The summed E-state index contributed by atoms with van der Waals surface area (Å²) in [6.45, 7) is 4.00. The first-order valence-electron chi connectivity index (χ1n) is 5.16. The smallest absolute Gasteiger partial charge is 0.316 e. The summed E-state index contributed by atoms with van der Waals surface area (Å²) in [6, 6.07) is 10.6. The second kappa shape index (κ2) is 4.31. The highest BCUT2D eigenvalue weighted by atomic mass is 16.5. The van der Waals surface area contributed by atoms with Crippen LogP contribution in [0.1, 0.15) is 11.3 Å². The Bertz CT molecular complexity index is 492. The van der Waals surface area contributed by atoms with Gasteiger partial charge >= 0.3 is 6.01 Å². The Morgan fingerprint density at radius 1 is 1.00 bits per heavy atom. The summed E-state index contributed by atoms with van der Waals surface area (Å²) in [5, 5.41) is 0. The Labute approximate surface area is 95.1 Å². The first kappa shape index (κ1) is 10.6. The van der Waals surface area contributed by atoms with Crippen LogP contribution in [0.2, 0.25) is 0 Å². The van der Waals surface area contributed by atoms with Gasteiger partial charge in [-0.15, -0.1) is 0 Å². The number of benzene rings is 1. The van der Waals surface area contributed by atoms with Crippen LogP contribution >= 0.6 is 0 Å². The number of aryl methyl sites for hydroxylation is 2. The maximum atomic E-state index is 5.06. The largest absolute Gasteiger partial charge is 0.467 e. The van der Waals surface area contributed by atoms with Crippen molar-refractivity contribution < 1.29 is 4.74 Å². The van der Waals surface area contributed by atoms with Gasteiger partial charge in [0.05, 0.1) is 12.8 Å². The Hall–Kier alpha value is -1.90. The number of hydrogen-bond acceptors (Lipinski definition) is 3. The topological polar surface area (TPSA) is 35.0 Å². The normalized spacial score (nSPS) is 10.2. The highest BCUT2D eigenvalue weighted by Crippen LogP contribution is 2.20. The molecular formula is C13H14N2O. The minimum atomic E-state index is 0.413. The lowest BCUT2D eigenvalue weighted by molar-refractivity contribution is 0.379. The molecular weight excluding hydrogens is 200 g/mol. The van der Waals surface area contributed by atoms with Crippen molar-refractivity contribution in [2.75, 3.05) is 7.11 Å². The molecule has 1 aromatic heterocycles. The molecule has 0 atom stereocenters. The van der Waals surface area contributed by atoms with Gasteiger partial charge in [0.15, 0.2) is 0 Å². The minimum absolute atomic E-state index is 0.413. The van der Waals surface area contributed by atoms with Gasteiger partial charge in [-0.2, -0.15) is 4.98 Å². The Morgan fingerprint density at radius 3 is 2.31 bits per heavy atom. The molecule has 2 aromatic rings. The van der Waals surface area contributed by atoms with Crippen molar-refractivity contribution in [3.8, 4) is 17.3 Å². The zero-order chi connectivity index (χ0) is 11.5. The Kier molecular flexibility index (Phi) is 2.86. The quantitative estimate of drug-likeness (QED) is 0.771. The molecule has 0 aliphatic heterocycles. The lowest BCUT2D eigenvalue weighted by atomic mass is 10.1. The van der Waals surface area contributed by atoms with Crippen LogP contribution in [0.4, 0.5) is 0 Å². The van der Waals surface area contributed by atoms with Gasteiger partial charge in [0.2, 0.25) is 0 Å². The maximum Gasteiger partial charge on any atom is 0.316 e. The summed E-state index contributed by atoms with van der Waals surface area (Å²) in [4.78, 5) is 8.48. The fourth-order valence-corrected chi connectivity index (χ4v) is 1.50. The summed E-state index contributed by atoms with van der Waals surface area (Å²) in [5.41, 5.74) is 4.11. The number of aromatic nitrogens is 2. The average Bonchev–Trinajstić information content (AvgIpc) is 2.29. The lowest BCUT2D eigenvalue weighted by Crippen LogP contribution is -1.95. The van der Waals surface area contributed by atoms with E-state index in [0.29, 0.717) is 6.01 Å². The van der Waals surface area contributed by atoms with E-state index in [1.807, 2.05) is 13.0 Å². The van der Waals surface area contributed by atoms with E-state index in [9.17, 15) is 0 Å². The number of rotatable bonds is 2. The van der Waals surface area contributed by atoms with Crippen LogP contribution in [-0.2, 0) is 0 Å². The van der Waals surface area contributed by atoms with Crippen LogP contribution in [0.5, 0.6) is 6.01 Å². The summed E-state index contributed by atoms with van der Waals surface area (Å²) in [7, 11) is 1.58. The van der Waals surface area contributed by atoms with Crippen molar-refractivity contribution in [3.63, 3.8) is 0 Å². The van der Waals surface area contributed by atoms with Crippen molar-refractivity contribution in [1.29, 1.82) is 0 Å². The van der Waals surface area contributed by atoms with Crippen molar-refractivity contribution in [1.82, 2.24) is 9.97 Å². The third kappa shape index (κ3) is 2.19. The third-order valence-corrected chi connectivity index (χ3v) is 2.36.